The van der Waals surface area contributed by atoms with E-state index in [2.05, 4.69) is 15.9 Å². The molecule has 6 saturated carbocycles. The minimum atomic E-state index is 0.307. The van der Waals surface area contributed by atoms with E-state index in [0.29, 0.717) is 21.9 Å². The van der Waals surface area contributed by atoms with Gasteiger partial charge in [0, 0.05) is 16.2 Å². The number of carbonyl (C=O) groups is 1. The molecule has 0 heterocycles. The Morgan fingerprint density at radius 2 is 2.15 bits per heavy atom. The van der Waals surface area contributed by atoms with Gasteiger partial charge in [0.25, 0.3) is 0 Å². The number of carbonyl (C=O) groups excluding carboxylic acids is 1. The van der Waals surface area contributed by atoms with Gasteiger partial charge in [0.1, 0.15) is 5.78 Å². The highest BCUT2D eigenvalue weighted by Crippen LogP contribution is 2.84. The van der Waals surface area contributed by atoms with Crippen LogP contribution in [0.4, 0.5) is 0 Å². The molecule has 0 spiro atoms. The van der Waals surface area contributed by atoms with E-state index in [9.17, 15) is 4.79 Å². The van der Waals surface area contributed by atoms with Crippen molar-refractivity contribution in [3.05, 3.63) is 0 Å². The van der Waals surface area contributed by atoms with Gasteiger partial charge >= 0.3 is 0 Å². The van der Waals surface area contributed by atoms with E-state index in [4.69, 9.17) is 0 Å². The molecule has 0 aromatic carbocycles. The highest BCUT2D eigenvalue weighted by Gasteiger charge is 2.85. The molecule has 0 amide bonds. The Bertz CT molecular complexity index is 365. The second-order valence-electron chi connectivity index (χ2n) is 5.87. The maximum Gasteiger partial charge on any atom is 0.141 e. The Morgan fingerprint density at radius 1 is 1.31 bits per heavy atom. The molecule has 0 radical (unpaired) electrons. The molecule has 68 valence electrons. The van der Waals surface area contributed by atoms with E-state index in [-0.39, 0.29) is 0 Å². The first-order valence-corrected chi connectivity index (χ1v) is 6.25. The van der Waals surface area contributed by atoms with E-state index in [0.717, 1.165) is 29.6 Å². The van der Waals surface area contributed by atoms with Crippen molar-refractivity contribution in [1.29, 1.82) is 0 Å². The minimum absolute atomic E-state index is 0.307. The van der Waals surface area contributed by atoms with Crippen molar-refractivity contribution in [3.8, 4) is 0 Å². The first-order valence-electron chi connectivity index (χ1n) is 5.46. The monoisotopic (exact) mass is 238 g/mol. The molecule has 0 N–H and O–H groups in total. The van der Waals surface area contributed by atoms with Crippen molar-refractivity contribution in [1.82, 2.24) is 0 Å². The molecule has 0 aromatic heterocycles. The standard InChI is InChI=1S/C11H11BrO/c12-11-2-5-3-1-4-6(5)9(11)10(13)7(4)8(3)11/h3-9H,1-2H2/t3-,4-,5+,6+,7-,8+,9-,11+/m1/s1. The summed E-state index contributed by atoms with van der Waals surface area (Å²) >= 11 is 3.94. The molecule has 0 unspecified atom stereocenters. The fourth-order valence-electron chi connectivity index (χ4n) is 6.19. The Kier molecular flexibility index (Phi) is 0.742. The number of hydrogen-bond acceptors (Lipinski definition) is 1. The molecular weight excluding hydrogens is 228 g/mol. The summed E-state index contributed by atoms with van der Waals surface area (Å²) in [6, 6.07) is 0. The van der Waals surface area contributed by atoms with Crippen LogP contribution in [-0.2, 0) is 4.79 Å². The quantitative estimate of drug-likeness (QED) is 0.589. The predicted molar refractivity (Wildman–Crippen MR) is 50.3 cm³/mol. The lowest BCUT2D eigenvalue weighted by Gasteiger charge is -2.37. The van der Waals surface area contributed by atoms with Gasteiger partial charge in [-0.15, -0.1) is 0 Å². The largest absolute Gasteiger partial charge is 0.299 e. The molecule has 6 aliphatic carbocycles. The van der Waals surface area contributed by atoms with Crippen LogP contribution in [0, 0.1) is 41.4 Å². The molecule has 2 heteroatoms. The molecule has 0 saturated heterocycles. The zero-order valence-electron chi connectivity index (χ0n) is 7.24. The van der Waals surface area contributed by atoms with E-state index >= 15 is 0 Å². The lowest BCUT2D eigenvalue weighted by Crippen LogP contribution is -2.39. The van der Waals surface area contributed by atoms with Gasteiger partial charge in [0.2, 0.25) is 0 Å². The number of rotatable bonds is 0. The molecule has 6 rings (SSSR count). The van der Waals surface area contributed by atoms with Gasteiger partial charge in [-0.05, 0) is 42.4 Å². The molecule has 6 aliphatic rings. The Hall–Kier alpha value is 0.150. The minimum Gasteiger partial charge on any atom is -0.299 e. The lowest BCUT2D eigenvalue weighted by atomic mass is 9.71. The second-order valence-corrected chi connectivity index (χ2v) is 7.34. The maximum absolute atomic E-state index is 12.1. The highest BCUT2D eigenvalue weighted by atomic mass is 79.9. The molecule has 6 fully saturated rings. The van der Waals surface area contributed by atoms with Crippen molar-refractivity contribution in [2.24, 2.45) is 41.4 Å². The molecule has 0 aliphatic heterocycles. The fraction of sp³-hybridized carbons (Fsp3) is 0.909. The Balaban J connectivity index is 1.94. The van der Waals surface area contributed by atoms with Crippen molar-refractivity contribution in [3.63, 3.8) is 0 Å². The third-order valence-corrected chi connectivity index (χ3v) is 7.38. The number of ketones is 1. The van der Waals surface area contributed by atoms with Crippen molar-refractivity contribution < 1.29 is 4.79 Å². The van der Waals surface area contributed by atoms with Gasteiger partial charge in [-0.1, -0.05) is 15.9 Å². The summed E-state index contributed by atoms with van der Waals surface area (Å²) in [5.41, 5.74) is 0. The van der Waals surface area contributed by atoms with Crippen molar-refractivity contribution in [2.75, 3.05) is 0 Å². The van der Waals surface area contributed by atoms with E-state index in [1.165, 1.54) is 12.8 Å². The zero-order valence-corrected chi connectivity index (χ0v) is 8.83. The summed E-state index contributed by atoms with van der Waals surface area (Å²) in [5.74, 6) is 5.94. The van der Waals surface area contributed by atoms with E-state index < -0.39 is 0 Å². The summed E-state index contributed by atoms with van der Waals surface area (Å²) < 4.78 is 0.307. The van der Waals surface area contributed by atoms with Crippen LogP contribution in [0.3, 0.4) is 0 Å². The summed E-state index contributed by atoms with van der Waals surface area (Å²) in [6.07, 6.45) is 2.73. The molecule has 0 aromatic rings. The van der Waals surface area contributed by atoms with Crippen LogP contribution < -0.4 is 0 Å². The first kappa shape index (κ1) is 6.60. The van der Waals surface area contributed by atoms with Crippen LogP contribution in [0.1, 0.15) is 12.8 Å². The van der Waals surface area contributed by atoms with Crippen LogP contribution in [0.15, 0.2) is 0 Å². The number of Topliss-reactive ketones (excluding diaryl/α,β-unsaturated/α-hetero) is 1. The third kappa shape index (κ3) is 0.383. The number of halogens is 1. The van der Waals surface area contributed by atoms with Gasteiger partial charge in [-0.3, -0.25) is 4.79 Å². The molecule has 13 heavy (non-hydrogen) atoms. The topological polar surface area (TPSA) is 17.1 Å². The average molecular weight is 239 g/mol. The van der Waals surface area contributed by atoms with Crippen LogP contribution in [0.25, 0.3) is 0 Å². The molecular formula is C11H11BrO. The molecule has 8 atom stereocenters. The Morgan fingerprint density at radius 3 is 2.92 bits per heavy atom. The van der Waals surface area contributed by atoms with Gasteiger partial charge in [-0.25, -0.2) is 0 Å². The SMILES string of the molecule is O=C1[C@@H]2[C@@H]3C[C@@H]4[C@@H]5C[C@](Br)([C@@H]42)[C@@H]1[C@H]53. The van der Waals surface area contributed by atoms with E-state index in [1.807, 2.05) is 0 Å². The van der Waals surface area contributed by atoms with Crippen LogP contribution in [0.5, 0.6) is 0 Å². The van der Waals surface area contributed by atoms with Crippen molar-refractivity contribution in [2.45, 2.75) is 17.2 Å². The average Bonchev–Trinajstić information content (AvgIpc) is 2.70. The number of alkyl halides is 1. The summed E-state index contributed by atoms with van der Waals surface area (Å²) in [5, 5.41) is 0. The first-order chi connectivity index (χ1) is 6.23. The normalized spacial score (nSPS) is 79.8. The second kappa shape index (κ2) is 1.46. The molecule has 6 bridgehead atoms. The smallest absolute Gasteiger partial charge is 0.141 e. The summed E-state index contributed by atoms with van der Waals surface area (Å²) in [6.45, 7) is 0. The van der Waals surface area contributed by atoms with Crippen molar-refractivity contribution >= 4 is 21.7 Å². The van der Waals surface area contributed by atoms with Crippen LogP contribution in [0.2, 0.25) is 0 Å². The fourth-order valence-corrected chi connectivity index (χ4v) is 7.72. The van der Waals surface area contributed by atoms with Gasteiger partial charge in [0.05, 0.1) is 0 Å². The van der Waals surface area contributed by atoms with Crippen LogP contribution >= 0.6 is 15.9 Å². The summed E-state index contributed by atoms with van der Waals surface area (Å²) in [7, 11) is 0. The number of hydrogen-bond donors (Lipinski definition) is 0. The van der Waals surface area contributed by atoms with E-state index in [1.54, 1.807) is 0 Å². The summed E-state index contributed by atoms with van der Waals surface area (Å²) in [4.78, 5) is 12.1. The predicted octanol–water partition coefficient (Wildman–Crippen LogP) is 1.85. The van der Waals surface area contributed by atoms with Gasteiger partial charge in [-0.2, -0.15) is 0 Å². The third-order valence-electron chi connectivity index (χ3n) is 6.03. The highest BCUT2D eigenvalue weighted by molar-refractivity contribution is 9.10. The maximum atomic E-state index is 12.1. The van der Waals surface area contributed by atoms with Gasteiger partial charge in [0.15, 0.2) is 0 Å². The van der Waals surface area contributed by atoms with Crippen LogP contribution in [-0.4, -0.2) is 10.1 Å². The Labute approximate surface area is 85.4 Å². The zero-order chi connectivity index (χ0) is 8.53. The lowest BCUT2D eigenvalue weighted by molar-refractivity contribution is -0.122. The molecule has 1 nitrogen and oxygen atoms in total. The van der Waals surface area contributed by atoms with Gasteiger partial charge < -0.3 is 0 Å².